The van der Waals surface area contributed by atoms with Crippen LogP contribution in [0, 0.1) is 0 Å². The molecule has 4 saturated heterocycles. The molecule has 25 nitrogen and oxygen atoms in total. The van der Waals surface area contributed by atoms with Crippen molar-refractivity contribution in [1.82, 2.24) is 10.6 Å². The second-order valence-corrected chi connectivity index (χ2v) is 18.9. The fraction of sp³-hybridized carbons (Fsp3) is 1.00. The van der Waals surface area contributed by atoms with E-state index in [2.05, 4.69) is 10.6 Å². The molecule has 0 aromatic carbocycles. The van der Waals surface area contributed by atoms with E-state index in [1.54, 1.807) is 48.7 Å². The number of ether oxygens (including phenoxy) is 13. The zero-order valence-corrected chi connectivity index (χ0v) is 40.1. The van der Waals surface area contributed by atoms with Crippen LogP contribution in [0.3, 0.4) is 0 Å². The van der Waals surface area contributed by atoms with Crippen LogP contribution >= 0.6 is 0 Å². The average molecular weight is 979 g/mol. The smallest absolute Gasteiger partial charge is 0.176 e. The zero-order valence-electron chi connectivity index (χ0n) is 40.1. The van der Waals surface area contributed by atoms with E-state index in [4.69, 9.17) is 73.0 Å². The molecule has 20 unspecified atom stereocenters. The highest BCUT2D eigenvalue weighted by Gasteiger charge is 2.55. The zero-order chi connectivity index (χ0) is 49.6. The normalized spacial score (nSPS) is 40.0. The maximum Gasteiger partial charge on any atom is 0.176 e. The van der Waals surface area contributed by atoms with Crippen LogP contribution in [0.2, 0.25) is 0 Å². The van der Waals surface area contributed by atoms with Crippen molar-refractivity contribution in [1.29, 1.82) is 0 Å². The van der Waals surface area contributed by atoms with Gasteiger partial charge in [-0.15, -0.1) is 0 Å². The number of hydrogen-bond donors (Lipinski definition) is 12. The third kappa shape index (κ3) is 16.5. The van der Waals surface area contributed by atoms with Crippen LogP contribution in [0.4, 0.5) is 0 Å². The molecule has 0 radical (unpaired) electrons. The summed E-state index contributed by atoms with van der Waals surface area (Å²) in [7, 11) is 3.08. The van der Waals surface area contributed by atoms with Crippen molar-refractivity contribution in [3.8, 4) is 0 Å². The number of methoxy groups -OCH3 is 2. The Bertz CT molecular complexity index is 1370. The van der Waals surface area contributed by atoms with Crippen LogP contribution in [0.1, 0.15) is 41.5 Å². The molecule has 0 spiro atoms. The van der Waals surface area contributed by atoms with Crippen molar-refractivity contribution in [2.24, 2.45) is 11.5 Å². The van der Waals surface area contributed by atoms with E-state index in [0.717, 1.165) is 0 Å². The van der Waals surface area contributed by atoms with Crippen molar-refractivity contribution in [2.75, 3.05) is 93.4 Å². The Balaban J connectivity index is 1.56. The number of hydrogen-bond acceptors (Lipinski definition) is 25. The van der Waals surface area contributed by atoms with Crippen LogP contribution in [0.15, 0.2) is 0 Å². The summed E-state index contributed by atoms with van der Waals surface area (Å²) >= 11 is 0. The molecule has 4 rings (SSSR count). The fourth-order valence-electron chi connectivity index (χ4n) is 8.16. The third-order valence-corrected chi connectivity index (χ3v) is 11.5. The second-order valence-electron chi connectivity index (χ2n) is 18.9. The van der Waals surface area contributed by atoms with Crippen molar-refractivity contribution < 1.29 is 102 Å². The lowest BCUT2D eigenvalue weighted by molar-refractivity contribution is -0.364. The fourth-order valence-corrected chi connectivity index (χ4v) is 8.16. The van der Waals surface area contributed by atoms with Gasteiger partial charge in [0.2, 0.25) is 0 Å². The Hall–Kier alpha value is -1.00. The topological polar surface area (TPSA) is 358 Å². The number of rotatable bonds is 26. The van der Waals surface area contributed by atoms with E-state index in [9.17, 15) is 40.9 Å². The molecule has 396 valence electrons. The monoisotopic (exact) mass is 979 g/mol. The van der Waals surface area contributed by atoms with Gasteiger partial charge in [0.1, 0.15) is 73.2 Å². The molecule has 4 fully saturated rings. The first-order chi connectivity index (χ1) is 31.7. The summed E-state index contributed by atoms with van der Waals surface area (Å²) in [6.45, 7) is 9.96. The predicted molar refractivity (Wildman–Crippen MR) is 232 cm³/mol. The van der Waals surface area contributed by atoms with Crippen molar-refractivity contribution in [3.05, 3.63) is 0 Å². The molecule has 0 aromatic rings. The molecule has 4 heterocycles. The molecule has 4 aliphatic rings. The van der Waals surface area contributed by atoms with Crippen LogP contribution in [-0.2, 0) is 61.6 Å². The highest BCUT2D eigenvalue weighted by molar-refractivity contribution is 5.02. The quantitative estimate of drug-likeness (QED) is 0.0360. The summed E-state index contributed by atoms with van der Waals surface area (Å²) in [5.41, 5.74) is 11.3. The molecule has 0 saturated carbocycles. The van der Waals surface area contributed by atoms with Gasteiger partial charge in [0.25, 0.3) is 0 Å². The van der Waals surface area contributed by atoms with Crippen LogP contribution in [-0.4, -0.2) is 268 Å². The molecule has 0 aliphatic carbocycles. The van der Waals surface area contributed by atoms with Gasteiger partial charge >= 0.3 is 0 Å². The molecule has 14 N–H and O–H groups in total. The number of aliphatic hydroxyl groups is 8. The lowest BCUT2D eigenvalue weighted by atomic mass is 9.93. The Morgan fingerprint density at radius 3 is 1.19 bits per heavy atom. The number of nitrogens with one attached hydrogen (secondary N) is 2. The maximum atomic E-state index is 12.2. The second kappa shape index (κ2) is 27.7. The third-order valence-electron chi connectivity index (χ3n) is 11.5. The van der Waals surface area contributed by atoms with Crippen LogP contribution < -0.4 is 22.1 Å². The first kappa shape index (κ1) is 58.6. The highest BCUT2D eigenvalue weighted by atomic mass is 16.8. The van der Waals surface area contributed by atoms with Gasteiger partial charge in [-0.3, -0.25) is 0 Å². The van der Waals surface area contributed by atoms with E-state index >= 15 is 0 Å². The molecular formula is C42H82N4O21. The SMILES string of the molecule is COCCOCCNC1C(OC2C(CO)OC(OC3C(CO)OC(OC(C)(C)C)C(N)C3O)C(N)C2O)OC(CO)C(OC2OC(CO)C(OC(C)(C)C)C(O)C2NCCOCCOC)C1O. The standard InChI is InChI=1S/C42H82N4O21/c1-41(2,3)66-36-24(20-50)62-40(28(32(36)54)46-10-12-58-16-14-56-8)65-35-23(19-49)61-39(27(31(35)53)45-9-11-57-15-13-55-7)64-34-21(17-47)59-37(25(43)29(34)51)63-33-22(18-48)60-38(26(44)30(33)52)67-42(4,5)6/h21-40,45-54H,9-20,43-44H2,1-8H3. The maximum absolute atomic E-state index is 12.2. The largest absolute Gasteiger partial charge is 0.394 e. The first-order valence-corrected chi connectivity index (χ1v) is 22.9. The molecule has 20 atom stereocenters. The average Bonchev–Trinajstić information content (AvgIpc) is 3.27. The Labute approximate surface area is 392 Å². The summed E-state index contributed by atoms with van der Waals surface area (Å²) in [6, 6.07) is -4.77. The predicted octanol–water partition coefficient (Wildman–Crippen LogP) is -5.65. The molecule has 25 heteroatoms. The van der Waals surface area contributed by atoms with Gasteiger partial charge in [0.05, 0.1) is 101 Å². The van der Waals surface area contributed by atoms with Crippen molar-refractivity contribution in [2.45, 2.75) is 175 Å². The first-order valence-electron chi connectivity index (χ1n) is 22.9. The van der Waals surface area contributed by atoms with Gasteiger partial charge < -0.3 is 125 Å². The molecule has 0 amide bonds. The van der Waals surface area contributed by atoms with Crippen LogP contribution in [0.5, 0.6) is 0 Å². The number of nitrogens with two attached hydrogens (primary N) is 2. The summed E-state index contributed by atoms with van der Waals surface area (Å²) in [6.07, 6.45) is -21.6. The van der Waals surface area contributed by atoms with E-state index in [-0.39, 0.29) is 32.9 Å². The summed E-state index contributed by atoms with van der Waals surface area (Å²) in [5, 5.41) is 95.2. The van der Waals surface area contributed by atoms with E-state index in [1.807, 2.05) is 0 Å². The summed E-state index contributed by atoms with van der Waals surface area (Å²) in [4.78, 5) is 0. The van der Waals surface area contributed by atoms with Crippen LogP contribution in [0.25, 0.3) is 0 Å². The minimum atomic E-state index is -1.66. The molecule has 4 aliphatic heterocycles. The van der Waals surface area contributed by atoms with Gasteiger partial charge in [0.15, 0.2) is 25.2 Å². The Morgan fingerprint density at radius 2 is 0.791 bits per heavy atom. The van der Waals surface area contributed by atoms with Crippen molar-refractivity contribution in [3.63, 3.8) is 0 Å². The molecule has 0 aromatic heterocycles. The Morgan fingerprint density at radius 1 is 0.448 bits per heavy atom. The molecule has 67 heavy (non-hydrogen) atoms. The lowest BCUT2D eigenvalue weighted by Crippen LogP contribution is -2.71. The highest BCUT2D eigenvalue weighted by Crippen LogP contribution is 2.35. The minimum absolute atomic E-state index is 0.111. The van der Waals surface area contributed by atoms with Gasteiger partial charge in [-0.1, -0.05) is 0 Å². The molecule has 0 bridgehead atoms. The van der Waals surface area contributed by atoms with Gasteiger partial charge in [-0.25, -0.2) is 0 Å². The van der Waals surface area contributed by atoms with E-state index in [0.29, 0.717) is 19.8 Å². The van der Waals surface area contributed by atoms with Gasteiger partial charge in [0, 0.05) is 27.3 Å². The van der Waals surface area contributed by atoms with E-state index < -0.39 is 160 Å². The van der Waals surface area contributed by atoms with E-state index in [1.165, 1.54) is 7.11 Å². The Kier molecular flexibility index (Phi) is 24.2. The minimum Gasteiger partial charge on any atom is -0.394 e. The lowest BCUT2D eigenvalue weighted by Gasteiger charge is -2.51. The van der Waals surface area contributed by atoms with Gasteiger partial charge in [-0.05, 0) is 41.5 Å². The number of aliphatic hydroxyl groups excluding tert-OH is 8. The summed E-state index contributed by atoms with van der Waals surface area (Å²) < 4.78 is 76.5. The van der Waals surface area contributed by atoms with Crippen molar-refractivity contribution >= 4 is 0 Å². The summed E-state index contributed by atoms with van der Waals surface area (Å²) in [5.74, 6) is 0. The van der Waals surface area contributed by atoms with Gasteiger partial charge in [-0.2, -0.15) is 0 Å². The molecular weight excluding hydrogens is 896 g/mol.